The fourth-order valence-electron chi connectivity index (χ4n) is 1.13. The quantitative estimate of drug-likeness (QED) is 0.644. The van der Waals surface area contributed by atoms with Gasteiger partial charge < -0.3 is 5.11 Å². The van der Waals surface area contributed by atoms with Gasteiger partial charge in [-0.15, -0.1) is 0 Å². The van der Waals surface area contributed by atoms with Crippen LogP contribution in [0.15, 0.2) is 0 Å². The molecule has 1 N–H and O–H groups in total. The molecule has 1 saturated heterocycles. The molecular weight excluding hydrogens is 156 g/mol. The van der Waals surface area contributed by atoms with E-state index in [2.05, 4.69) is 0 Å². The molecule has 0 atom stereocenters. The van der Waals surface area contributed by atoms with Gasteiger partial charge in [0.05, 0.1) is 13.1 Å². The third-order valence-electron chi connectivity index (χ3n) is 1.61. The molecule has 0 unspecified atom stereocenters. The Bertz CT molecular complexity index is 172. The molecule has 0 aromatic rings. The predicted molar refractivity (Wildman–Crippen MR) is 33.6 cm³/mol. The SMILES string of the molecule is O=C(O)CN1CCC(F)(F)C1. The molecule has 0 aromatic carbocycles. The third-order valence-corrected chi connectivity index (χ3v) is 1.61. The van der Waals surface area contributed by atoms with Crippen LogP contribution in [0, 0.1) is 0 Å². The summed E-state index contributed by atoms with van der Waals surface area (Å²) in [6, 6.07) is 0. The first kappa shape index (κ1) is 8.39. The summed E-state index contributed by atoms with van der Waals surface area (Å²) in [5, 5.41) is 8.26. The first-order chi connectivity index (χ1) is 4.99. The second kappa shape index (κ2) is 2.73. The number of aliphatic carboxylic acids is 1. The van der Waals surface area contributed by atoms with Crippen molar-refractivity contribution in [3.63, 3.8) is 0 Å². The van der Waals surface area contributed by atoms with E-state index < -0.39 is 18.4 Å². The zero-order valence-electron chi connectivity index (χ0n) is 5.89. The van der Waals surface area contributed by atoms with Crippen LogP contribution in [-0.4, -0.2) is 41.5 Å². The molecule has 3 nitrogen and oxygen atoms in total. The summed E-state index contributed by atoms with van der Waals surface area (Å²) < 4.78 is 24.8. The Morgan fingerprint density at radius 3 is 2.64 bits per heavy atom. The summed E-state index contributed by atoms with van der Waals surface area (Å²) in [6.07, 6.45) is -0.222. The van der Waals surface area contributed by atoms with Crippen molar-refractivity contribution in [3.05, 3.63) is 0 Å². The largest absolute Gasteiger partial charge is 0.480 e. The minimum atomic E-state index is -2.69. The lowest BCUT2D eigenvalue weighted by Gasteiger charge is -2.11. The molecule has 1 fully saturated rings. The molecule has 0 bridgehead atoms. The van der Waals surface area contributed by atoms with E-state index in [-0.39, 0.29) is 19.5 Å². The fourth-order valence-corrected chi connectivity index (χ4v) is 1.13. The van der Waals surface area contributed by atoms with Crippen LogP contribution in [0.2, 0.25) is 0 Å². The van der Waals surface area contributed by atoms with Crippen molar-refractivity contribution in [1.29, 1.82) is 0 Å². The van der Waals surface area contributed by atoms with Crippen LogP contribution in [0.25, 0.3) is 0 Å². The van der Waals surface area contributed by atoms with E-state index in [1.165, 1.54) is 4.90 Å². The van der Waals surface area contributed by atoms with Crippen molar-refractivity contribution < 1.29 is 18.7 Å². The topological polar surface area (TPSA) is 40.5 Å². The minimum absolute atomic E-state index is 0.180. The lowest BCUT2D eigenvalue weighted by molar-refractivity contribution is -0.138. The number of alkyl halides is 2. The van der Waals surface area contributed by atoms with E-state index in [0.29, 0.717) is 0 Å². The number of carbonyl (C=O) groups is 1. The zero-order valence-corrected chi connectivity index (χ0v) is 5.89. The molecule has 5 heteroatoms. The molecule has 64 valence electrons. The maximum atomic E-state index is 12.4. The Balaban J connectivity index is 2.36. The van der Waals surface area contributed by atoms with Gasteiger partial charge in [-0.2, -0.15) is 0 Å². The standard InChI is InChI=1S/C6H9F2NO2/c7-6(8)1-2-9(4-6)3-5(10)11/h1-4H2,(H,10,11). The van der Waals surface area contributed by atoms with E-state index in [1.54, 1.807) is 0 Å². The van der Waals surface area contributed by atoms with Gasteiger partial charge in [-0.3, -0.25) is 9.69 Å². The predicted octanol–water partition coefficient (Wildman–Crippen LogP) is 0.412. The van der Waals surface area contributed by atoms with E-state index in [1.807, 2.05) is 0 Å². The highest BCUT2D eigenvalue weighted by Crippen LogP contribution is 2.26. The van der Waals surface area contributed by atoms with Crippen molar-refractivity contribution >= 4 is 5.97 Å². The Kier molecular flexibility index (Phi) is 2.08. The molecule has 11 heavy (non-hydrogen) atoms. The third kappa shape index (κ3) is 2.42. The van der Waals surface area contributed by atoms with Crippen LogP contribution in [0.5, 0.6) is 0 Å². The van der Waals surface area contributed by atoms with Crippen LogP contribution in [0.4, 0.5) is 8.78 Å². The van der Waals surface area contributed by atoms with Gasteiger partial charge in [0.1, 0.15) is 0 Å². The summed E-state index contributed by atoms with van der Waals surface area (Å²) in [4.78, 5) is 11.3. The van der Waals surface area contributed by atoms with Crippen molar-refractivity contribution in [2.75, 3.05) is 19.6 Å². The molecule has 0 saturated carbocycles. The number of hydrogen-bond acceptors (Lipinski definition) is 2. The van der Waals surface area contributed by atoms with Gasteiger partial charge in [-0.1, -0.05) is 0 Å². The van der Waals surface area contributed by atoms with Crippen LogP contribution >= 0.6 is 0 Å². The molecule has 0 spiro atoms. The fraction of sp³-hybridized carbons (Fsp3) is 0.833. The Labute approximate surface area is 62.6 Å². The van der Waals surface area contributed by atoms with Gasteiger partial charge in [0.15, 0.2) is 0 Å². The van der Waals surface area contributed by atoms with E-state index in [4.69, 9.17) is 5.11 Å². The summed E-state index contributed by atoms with van der Waals surface area (Å²) >= 11 is 0. The lowest BCUT2D eigenvalue weighted by atomic mass is 10.3. The van der Waals surface area contributed by atoms with E-state index >= 15 is 0 Å². The number of carboxylic acid groups (broad SMARTS) is 1. The summed E-state index contributed by atoms with van der Waals surface area (Å²) in [6.45, 7) is -0.520. The Hall–Kier alpha value is -0.710. The molecule has 1 aliphatic rings. The van der Waals surface area contributed by atoms with Crippen molar-refractivity contribution in [3.8, 4) is 0 Å². The van der Waals surface area contributed by atoms with Gasteiger partial charge in [0.2, 0.25) is 0 Å². The molecule has 0 amide bonds. The monoisotopic (exact) mass is 165 g/mol. The van der Waals surface area contributed by atoms with Crippen molar-refractivity contribution in [1.82, 2.24) is 4.90 Å². The number of hydrogen-bond donors (Lipinski definition) is 1. The summed E-state index contributed by atoms with van der Waals surface area (Å²) in [7, 11) is 0. The molecule has 1 aliphatic heterocycles. The number of rotatable bonds is 2. The molecular formula is C6H9F2NO2. The molecule has 0 radical (unpaired) electrons. The average molecular weight is 165 g/mol. The highest BCUT2D eigenvalue weighted by atomic mass is 19.3. The minimum Gasteiger partial charge on any atom is -0.480 e. The van der Waals surface area contributed by atoms with Gasteiger partial charge in [-0.25, -0.2) is 8.78 Å². The van der Waals surface area contributed by atoms with Crippen molar-refractivity contribution in [2.45, 2.75) is 12.3 Å². The van der Waals surface area contributed by atoms with Gasteiger partial charge in [0, 0.05) is 13.0 Å². The maximum Gasteiger partial charge on any atom is 0.317 e. The summed E-state index contributed by atoms with van der Waals surface area (Å²) in [5.41, 5.74) is 0. The average Bonchev–Trinajstić information content (AvgIpc) is 2.08. The van der Waals surface area contributed by atoms with E-state index in [9.17, 15) is 13.6 Å². The highest BCUT2D eigenvalue weighted by Gasteiger charge is 2.38. The van der Waals surface area contributed by atoms with Gasteiger partial charge in [0.25, 0.3) is 5.92 Å². The molecule has 1 rings (SSSR count). The molecule has 0 aromatic heterocycles. The normalized spacial score (nSPS) is 23.8. The van der Waals surface area contributed by atoms with Crippen LogP contribution in [0.3, 0.4) is 0 Å². The number of carboxylic acids is 1. The van der Waals surface area contributed by atoms with Crippen molar-refractivity contribution in [2.24, 2.45) is 0 Å². The molecule has 1 heterocycles. The van der Waals surface area contributed by atoms with Crippen LogP contribution in [-0.2, 0) is 4.79 Å². The Morgan fingerprint density at radius 2 is 2.27 bits per heavy atom. The van der Waals surface area contributed by atoms with Gasteiger partial charge >= 0.3 is 5.97 Å². The van der Waals surface area contributed by atoms with Crippen LogP contribution in [0.1, 0.15) is 6.42 Å². The second-order valence-electron chi connectivity index (χ2n) is 2.71. The number of halogens is 2. The number of nitrogens with zero attached hydrogens (tertiary/aromatic N) is 1. The first-order valence-electron chi connectivity index (χ1n) is 3.32. The van der Waals surface area contributed by atoms with E-state index in [0.717, 1.165) is 0 Å². The number of likely N-dealkylation sites (tertiary alicyclic amines) is 1. The zero-order chi connectivity index (χ0) is 8.48. The molecule has 0 aliphatic carbocycles. The van der Waals surface area contributed by atoms with Gasteiger partial charge in [-0.05, 0) is 0 Å². The summed E-state index contributed by atoms with van der Waals surface area (Å²) in [5.74, 6) is -3.74. The highest BCUT2D eigenvalue weighted by molar-refractivity contribution is 5.69. The second-order valence-corrected chi connectivity index (χ2v) is 2.71. The maximum absolute atomic E-state index is 12.4. The lowest BCUT2D eigenvalue weighted by Crippen LogP contribution is -2.30. The van der Waals surface area contributed by atoms with Crippen LogP contribution < -0.4 is 0 Å². The smallest absolute Gasteiger partial charge is 0.317 e. The first-order valence-corrected chi connectivity index (χ1v) is 3.32. The Morgan fingerprint density at radius 1 is 1.64 bits per heavy atom.